The van der Waals surface area contributed by atoms with Gasteiger partial charge in [0.1, 0.15) is 5.75 Å². The smallest absolute Gasteiger partial charge is 0.138 e. The monoisotopic (exact) mass is 267 g/mol. The fourth-order valence-corrected chi connectivity index (χ4v) is 2.64. The molecule has 0 saturated heterocycles. The molecule has 0 radical (unpaired) electrons. The van der Waals surface area contributed by atoms with Crippen molar-refractivity contribution in [1.29, 1.82) is 0 Å². The first kappa shape index (κ1) is 13.5. The third-order valence-electron chi connectivity index (χ3n) is 3.37. The lowest BCUT2D eigenvalue weighted by atomic mass is 9.95. The molecule has 0 atom stereocenters. The van der Waals surface area contributed by atoms with Gasteiger partial charge in [0.15, 0.2) is 0 Å². The van der Waals surface area contributed by atoms with Crippen LogP contribution in [0.5, 0.6) is 5.75 Å². The summed E-state index contributed by atoms with van der Waals surface area (Å²) in [7, 11) is 0. The van der Waals surface area contributed by atoms with Crippen LogP contribution in [0.2, 0.25) is 5.02 Å². The first-order chi connectivity index (χ1) is 8.79. The predicted octanol–water partition coefficient (Wildman–Crippen LogP) is 4.87. The van der Waals surface area contributed by atoms with Crippen LogP contribution in [0.3, 0.4) is 0 Å². The van der Waals surface area contributed by atoms with E-state index < -0.39 is 0 Å². The Bertz CT molecular complexity index is 375. The topological polar surface area (TPSA) is 21.3 Å². The van der Waals surface area contributed by atoms with Crippen molar-refractivity contribution in [2.24, 2.45) is 0 Å². The highest BCUT2D eigenvalue weighted by molar-refractivity contribution is 6.32. The van der Waals surface area contributed by atoms with E-state index in [9.17, 15) is 0 Å². The molecule has 1 aliphatic carbocycles. The summed E-state index contributed by atoms with van der Waals surface area (Å²) < 4.78 is 5.57. The molecule has 1 N–H and O–H groups in total. The number of anilines is 1. The van der Waals surface area contributed by atoms with E-state index >= 15 is 0 Å². The predicted molar refractivity (Wildman–Crippen MR) is 77.7 cm³/mol. The van der Waals surface area contributed by atoms with Gasteiger partial charge in [0.25, 0.3) is 0 Å². The molecule has 0 aliphatic heterocycles. The first-order valence-electron chi connectivity index (χ1n) is 6.98. The highest BCUT2D eigenvalue weighted by Gasteiger charge is 2.13. The Kier molecular flexibility index (Phi) is 5.18. The van der Waals surface area contributed by atoms with Crippen molar-refractivity contribution in [2.45, 2.75) is 51.5 Å². The van der Waals surface area contributed by atoms with Crippen molar-refractivity contribution < 1.29 is 4.74 Å². The van der Waals surface area contributed by atoms with E-state index in [1.807, 2.05) is 12.1 Å². The van der Waals surface area contributed by atoms with Crippen molar-refractivity contribution >= 4 is 17.3 Å². The van der Waals surface area contributed by atoms with E-state index in [1.54, 1.807) is 0 Å². The average molecular weight is 268 g/mol. The van der Waals surface area contributed by atoms with Gasteiger partial charge in [-0.3, -0.25) is 0 Å². The minimum Gasteiger partial charge on any atom is -0.492 e. The number of rotatable bonds is 5. The summed E-state index contributed by atoms with van der Waals surface area (Å²) in [5, 5.41) is 4.26. The number of hydrogen-bond donors (Lipinski definition) is 1. The summed E-state index contributed by atoms with van der Waals surface area (Å²) in [5.74, 6) is 0.785. The summed E-state index contributed by atoms with van der Waals surface area (Å²) in [6, 6.07) is 6.60. The van der Waals surface area contributed by atoms with Crippen LogP contribution in [0, 0.1) is 0 Å². The molecule has 0 unspecified atom stereocenters. The van der Waals surface area contributed by atoms with E-state index in [0.29, 0.717) is 11.1 Å². The van der Waals surface area contributed by atoms with Crippen molar-refractivity contribution in [3.05, 3.63) is 23.2 Å². The summed E-state index contributed by atoms with van der Waals surface area (Å²) in [6.45, 7) is 2.81. The molecule has 18 heavy (non-hydrogen) atoms. The fourth-order valence-electron chi connectivity index (χ4n) is 2.40. The zero-order valence-electron chi connectivity index (χ0n) is 11.0. The molecule has 2 rings (SSSR count). The number of halogens is 1. The van der Waals surface area contributed by atoms with Gasteiger partial charge in [0, 0.05) is 11.7 Å². The molecular formula is C15H22ClNO. The fraction of sp³-hybridized carbons (Fsp3) is 0.600. The van der Waals surface area contributed by atoms with Gasteiger partial charge in [-0.2, -0.15) is 0 Å². The van der Waals surface area contributed by atoms with E-state index in [1.165, 1.54) is 32.1 Å². The van der Waals surface area contributed by atoms with E-state index in [0.717, 1.165) is 24.5 Å². The van der Waals surface area contributed by atoms with E-state index in [4.69, 9.17) is 16.3 Å². The minimum absolute atomic E-state index is 0.609. The second-order valence-corrected chi connectivity index (χ2v) is 5.38. The number of ether oxygens (including phenoxy) is 1. The second kappa shape index (κ2) is 6.89. The van der Waals surface area contributed by atoms with Crippen molar-refractivity contribution in [3.63, 3.8) is 0 Å². The maximum absolute atomic E-state index is 6.22. The quantitative estimate of drug-likeness (QED) is 0.821. The Morgan fingerprint density at radius 1 is 1.28 bits per heavy atom. The van der Waals surface area contributed by atoms with Crippen LogP contribution in [0.25, 0.3) is 0 Å². The van der Waals surface area contributed by atoms with Gasteiger partial charge in [0.05, 0.1) is 11.6 Å². The Morgan fingerprint density at radius 3 is 2.72 bits per heavy atom. The van der Waals surface area contributed by atoms with Crippen molar-refractivity contribution in [1.82, 2.24) is 0 Å². The molecule has 3 heteroatoms. The SMILES string of the molecule is CCCOc1ccc(NC2CCCCC2)cc1Cl. The third-order valence-corrected chi connectivity index (χ3v) is 3.66. The summed E-state index contributed by atoms with van der Waals surface area (Å²) in [5.41, 5.74) is 1.11. The van der Waals surface area contributed by atoms with E-state index in [-0.39, 0.29) is 0 Å². The van der Waals surface area contributed by atoms with Crippen LogP contribution in [-0.4, -0.2) is 12.6 Å². The summed E-state index contributed by atoms with van der Waals surface area (Å²) in [4.78, 5) is 0. The van der Waals surface area contributed by atoms with Crippen LogP contribution in [0.1, 0.15) is 45.4 Å². The molecule has 100 valence electrons. The van der Waals surface area contributed by atoms with Crippen molar-refractivity contribution in [3.8, 4) is 5.75 Å². The lowest BCUT2D eigenvalue weighted by Crippen LogP contribution is -2.22. The Hall–Kier alpha value is -0.890. The average Bonchev–Trinajstić information content (AvgIpc) is 2.39. The highest BCUT2D eigenvalue weighted by atomic mass is 35.5. The first-order valence-corrected chi connectivity index (χ1v) is 7.36. The lowest BCUT2D eigenvalue weighted by Gasteiger charge is -2.24. The maximum Gasteiger partial charge on any atom is 0.138 e. The number of hydrogen-bond acceptors (Lipinski definition) is 2. The van der Waals surface area contributed by atoms with E-state index in [2.05, 4.69) is 18.3 Å². The summed E-state index contributed by atoms with van der Waals surface area (Å²) >= 11 is 6.22. The van der Waals surface area contributed by atoms with Crippen LogP contribution in [0.4, 0.5) is 5.69 Å². The zero-order valence-corrected chi connectivity index (χ0v) is 11.8. The van der Waals surface area contributed by atoms with Crippen LogP contribution < -0.4 is 10.1 Å². The largest absolute Gasteiger partial charge is 0.492 e. The van der Waals surface area contributed by atoms with Crippen LogP contribution in [-0.2, 0) is 0 Å². The molecule has 0 aromatic heterocycles. The molecule has 2 nitrogen and oxygen atoms in total. The maximum atomic E-state index is 6.22. The van der Waals surface area contributed by atoms with Gasteiger partial charge in [-0.1, -0.05) is 37.8 Å². The Balaban J connectivity index is 1.94. The van der Waals surface area contributed by atoms with Crippen LogP contribution in [0.15, 0.2) is 18.2 Å². The Labute approximate surface area is 115 Å². The molecule has 0 heterocycles. The summed E-state index contributed by atoms with van der Waals surface area (Å²) in [6.07, 6.45) is 7.59. The Morgan fingerprint density at radius 2 is 2.06 bits per heavy atom. The van der Waals surface area contributed by atoms with Gasteiger partial charge in [0.2, 0.25) is 0 Å². The van der Waals surface area contributed by atoms with Gasteiger partial charge < -0.3 is 10.1 Å². The minimum atomic E-state index is 0.609. The molecular weight excluding hydrogens is 246 g/mol. The molecule has 1 saturated carbocycles. The lowest BCUT2D eigenvalue weighted by molar-refractivity contribution is 0.317. The molecule has 0 spiro atoms. The standard InChI is InChI=1S/C15H22ClNO/c1-2-10-18-15-9-8-13(11-14(15)16)17-12-6-4-3-5-7-12/h8-9,11-12,17H,2-7,10H2,1H3. The molecule has 1 fully saturated rings. The molecule has 0 bridgehead atoms. The molecule has 1 aliphatic rings. The van der Waals surface area contributed by atoms with Crippen LogP contribution >= 0.6 is 11.6 Å². The second-order valence-electron chi connectivity index (χ2n) is 4.97. The van der Waals surface area contributed by atoms with Crippen molar-refractivity contribution in [2.75, 3.05) is 11.9 Å². The number of benzene rings is 1. The highest BCUT2D eigenvalue weighted by Crippen LogP contribution is 2.29. The van der Waals surface area contributed by atoms with Gasteiger partial charge in [-0.15, -0.1) is 0 Å². The van der Waals surface area contributed by atoms with Gasteiger partial charge in [-0.05, 0) is 37.5 Å². The normalized spacial score (nSPS) is 16.6. The molecule has 0 amide bonds. The van der Waals surface area contributed by atoms with Gasteiger partial charge >= 0.3 is 0 Å². The van der Waals surface area contributed by atoms with Gasteiger partial charge in [-0.25, -0.2) is 0 Å². The third kappa shape index (κ3) is 3.81. The zero-order chi connectivity index (χ0) is 12.8. The number of nitrogens with one attached hydrogen (secondary N) is 1. The molecule has 1 aromatic rings. The molecule has 1 aromatic carbocycles.